The lowest BCUT2D eigenvalue weighted by Gasteiger charge is -2.18. The number of aromatic amines is 1. The molecule has 0 atom stereocenters. The SMILES string of the molecule is COc1ccc(-c2nnc(N/N=C/c3ccc(C(C)(C)C)cc3)[nH]c2=O)cc1. The number of hydrogen-bond donors (Lipinski definition) is 2. The molecule has 0 amide bonds. The zero-order valence-corrected chi connectivity index (χ0v) is 16.4. The highest BCUT2D eigenvalue weighted by molar-refractivity contribution is 5.80. The van der Waals surface area contributed by atoms with Crippen LogP contribution in [0.3, 0.4) is 0 Å². The minimum atomic E-state index is -0.354. The normalized spacial score (nSPS) is 11.6. The van der Waals surface area contributed by atoms with E-state index in [0.717, 1.165) is 5.56 Å². The number of benzene rings is 2. The average molecular weight is 377 g/mol. The fraction of sp³-hybridized carbons (Fsp3) is 0.238. The smallest absolute Gasteiger partial charge is 0.279 e. The Hall–Kier alpha value is -3.48. The first kappa shape index (κ1) is 19.3. The van der Waals surface area contributed by atoms with E-state index in [0.29, 0.717) is 11.3 Å². The first-order chi connectivity index (χ1) is 13.4. The van der Waals surface area contributed by atoms with E-state index in [1.165, 1.54) is 5.56 Å². The van der Waals surface area contributed by atoms with Crippen LogP contribution in [0, 0.1) is 0 Å². The molecule has 0 unspecified atom stereocenters. The van der Waals surface area contributed by atoms with Crippen molar-refractivity contribution in [2.75, 3.05) is 12.5 Å². The summed E-state index contributed by atoms with van der Waals surface area (Å²) >= 11 is 0. The molecule has 0 aliphatic rings. The van der Waals surface area contributed by atoms with Crippen molar-refractivity contribution in [2.45, 2.75) is 26.2 Å². The fourth-order valence-corrected chi connectivity index (χ4v) is 2.56. The fourth-order valence-electron chi connectivity index (χ4n) is 2.56. The summed E-state index contributed by atoms with van der Waals surface area (Å²) < 4.78 is 5.11. The molecule has 0 fully saturated rings. The van der Waals surface area contributed by atoms with E-state index in [1.54, 1.807) is 37.6 Å². The predicted molar refractivity (Wildman–Crippen MR) is 111 cm³/mol. The Kier molecular flexibility index (Phi) is 5.54. The third-order valence-electron chi connectivity index (χ3n) is 4.22. The summed E-state index contributed by atoms with van der Waals surface area (Å²) in [4.78, 5) is 14.9. The first-order valence-electron chi connectivity index (χ1n) is 8.88. The van der Waals surface area contributed by atoms with Gasteiger partial charge in [0.2, 0.25) is 5.95 Å². The molecular weight excluding hydrogens is 354 g/mol. The number of aromatic nitrogens is 3. The molecule has 2 aromatic carbocycles. The monoisotopic (exact) mass is 377 g/mol. The standard InChI is InChI=1S/C21H23N5O2/c1-21(2,3)16-9-5-14(6-10-16)13-22-25-20-23-19(27)18(24-26-20)15-7-11-17(28-4)12-8-15/h5-13H,1-4H3,(H2,23,25,26,27)/b22-13+. The number of nitrogens with zero attached hydrogens (tertiary/aromatic N) is 3. The van der Waals surface area contributed by atoms with Crippen LogP contribution in [0.1, 0.15) is 31.9 Å². The maximum Gasteiger partial charge on any atom is 0.279 e. The van der Waals surface area contributed by atoms with Gasteiger partial charge >= 0.3 is 0 Å². The van der Waals surface area contributed by atoms with E-state index in [2.05, 4.69) is 58.6 Å². The maximum absolute atomic E-state index is 12.3. The van der Waals surface area contributed by atoms with Crippen LogP contribution in [0.15, 0.2) is 58.4 Å². The zero-order chi connectivity index (χ0) is 20.1. The van der Waals surface area contributed by atoms with E-state index < -0.39 is 0 Å². The molecule has 2 N–H and O–H groups in total. The molecule has 1 aromatic heterocycles. The highest BCUT2D eigenvalue weighted by atomic mass is 16.5. The summed E-state index contributed by atoms with van der Waals surface area (Å²) in [5, 5.41) is 12.1. The molecule has 7 nitrogen and oxygen atoms in total. The third kappa shape index (κ3) is 4.62. The minimum Gasteiger partial charge on any atom is -0.497 e. The van der Waals surface area contributed by atoms with Crippen molar-refractivity contribution in [1.29, 1.82) is 0 Å². The molecule has 0 saturated carbocycles. The number of methoxy groups -OCH3 is 1. The second-order valence-electron chi connectivity index (χ2n) is 7.32. The van der Waals surface area contributed by atoms with Crippen molar-refractivity contribution < 1.29 is 4.74 Å². The van der Waals surface area contributed by atoms with Crippen LogP contribution >= 0.6 is 0 Å². The Labute approximate surface area is 163 Å². The number of rotatable bonds is 5. The second kappa shape index (κ2) is 8.04. The predicted octanol–water partition coefficient (Wildman–Crippen LogP) is 3.58. The van der Waals surface area contributed by atoms with Gasteiger partial charge in [-0.1, -0.05) is 45.0 Å². The van der Waals surface area contributed by atoms with Crippen molar-refractivity contribution in [3.05, 3.63) is 70.0 Å². The van der Waals surface area contributed by atoms with Gasteiger partial charge in [0, 0.05) is 5.56 Å². The lowest BCUT2D eigenvalue weighted by atomic mass is 9.87. The molecule has 0 bridgehead atoms. The van der Waals surface area contributed by atoms with E-state index in [9.17, 15) is 4.79 Å². The Morgan fingerprint density at radius 1 is 1.04 bits per heavy atom. The Balaban J connectivity index is 1.69. The zero-order valence-electron chi connectivity index (χ0n) is 16.4. The van der Waals surface area contributed by atoms with Crippen molar-refractivity contribution >= 4 is 12.2 Å². The molecule has 0 radical (unpaired) electrons. The van der Waals surface area contributed by atoms with Gasteiger partial charge < -0.3 is 4.74 Å². The lowest BCUT2D eigenvalue weighted by molar-refractivity contribution is 0.415. The van der Waals surface area contributed by atoms with E-state index in [1.807, 2.05) is 12.1 Å². The average Bonchev–Trinajstić information content (AvgIpc) is 2.68. The van der Waals surface area contributed by atoms with Crippen LogP contribution in [0.25, 0.3) is 11.3 Å². The molecule has 1 heterocycles. The van der Waals surface area contributed by atoms with Crippen LogP contribution in [0.5, 0.6) is 5.75 Å². The maximum atomic E-state index is 12.3. The molecule has 0 saturated heterocycles. The van der Waals surface area contributed by atoms with Crippen LogP contribution in [0.2, 0.25) is 0 Å². The lowest BCUT2D eigenvalue weighted by Crippen LogP contribution is -2.15. The molecule has 28 heavy (non-hydrogen) atoms. The van der Waals surface area contributed by atoms with Gasteiger partial charge in [-0.15, -0.1) is 10.2 Å². The Bertz CT molecular complexity index is 1020. The number of H-pyrrole nitrogens is 1. The molecule has 0 spiro atoms. The number of hydrazone groups is 1. The van der Waals surface area contributed by atoms with Gasteiger partial charge in [0.25, 0.3) is 5.56 Å². The summed E-state index contributed by atoms with van der Waals surface area (Å²) in [5.41, 5.74) is 5.52. The second-order valence-corrected chi connectivity index (χ2v) is 7.32. The highest BCUT2D eigenvalue weighted by Crippen LogP contribution is 2.22. The van der Waals surface area contributed by atoms with Gasteiger partial charge in [-0.05, 0) is 40.8 Å². The minimum absolute atomic E-state index is 0.106. The van der Waals surface area contributed by atoms with Crippen molar-refractivity contribution in [1.82, 2.24) is 15.2 Å². The molecular formula is C21H23N5O2. The van der Waals surface area contributed by atoms with E-state index >= 15 is 0 Å². The third-order valence-corrected chi connectivity index (χ3v) is 4.22. The molecule has 0 aliphatic carbocycles. The molecule has 7 heteroatoms. The summed E-state index contributed by atoms with van der Waals surface area (Å²) in [5.74, 6) is 0.876. The Morgan fingerprint density at radius 2 is 1.71 bits per heavy atom. The van der Waals surface area contributed by atoms with Crippen LogP contribution < -0.4 is 15.7 Å². The molecule has 3 aromatic rings. The van der Waals surface area contributed by atoms with Gasteiger partial charge in [-0.3, -0.25) is 9.78 Å². The summed E-state index contributed by atoms with van der Waals surface area (Å²) in [6.45, 7) is 6.51. The summed E-state index contributed by atoms with van der Waals surface area (Å²) in [7, 11) is 1.58. The van der Waals surface area contributed by atoms with Gasteiger partial charge in [0.15, 0.2) is 5.69 Å². The number of hydrogen-bond acceptors (Lipinski definition) is 6. The van der Waals surface area contributed by atoms with Gasteiger partial charge in [-0.25, -0.2) is 5.43 Å². The van der Waals surface area contributed by atoms with Crippen molar-refractivity contribution in [3.63, 3.8) is 0 Å². The number of anilines is 1. The van der Waals surface area contributed by atoms with Crippen LogP contribution in [0.4, 0.5) is 5.95 Å². The van der Waals surface area contributed by atoms with Crippen LogP contribution in [-0.4, -0.2) is 28.5 Å². The van der Waals surface area contributed by atoms with Gasteiger partial charge in [0.05, 0.1) is 13.3 Å². The van der Waals surface area contributed by atoms with Crippen molar-refractivity contribution in [3.8, 4) is 17.0 Å². The van der Waals surface area contributed by atoms with E-state index in [4.69, 9.17) is 4.74 Å². The Morgan fingerprint density at radius 3 is 2.29 bits per heavy atom. The first-order valence-corrected chi connectivity index (χ1v) is 8.88. The van der Waals surface area contributed by atoms with Crippen LogP contribution in [-0.2, 0) is 5.41 Å². The van der Waals surface area contributed by atoms with Crippen molar-refractivity contribution in [2.24, 2.45) is 5.10 Å². The number of nitrogens with one attached hydrogen (secondary N) is 2. The highest BCUT2D eigenvalue weighted by Gasteiger charge is 2.12. The topological polar surface area (TPSA) is 92.3 Å². The number of ether oxygens (including phenoxy) is 1. The largest absolute Gasteiger partial charge is 0.497 e. The molecule has 3 rings (SSSR count). The quantitative estimate of drug-likeness (QED) is 0.524. The van der Waals surface area contributed by atoms with Gasteiger partial charge in [0.1, 0.15) is 5.75 Å². The molecule has 144 valence electrons. The van der Waals surface area contributed by atoms with E-state index in [-0.39, 0.29) is 22.6 Å². The summed E-state index contributed by atoms with van der Waals surface area (Å²) in [6, 6.07) is 15.2. The van der Waals surface area contributed by atoms with Gasteiger partial charge in [-0.2, -0.15) is 5.10 Å². The summed E-state index contributed by atoms with van der Waals surface area (Å²) in [6.07, 6.45) is 1.66. The molecule has 0 aliphatic heterocycles.